The van der Waals surface area contributed by atoms with Crippen molar-refractivity contribution in [3.8, 4) is 0 Å². The lowest BCUT2D eigenvalue weighted by atomic mass is 9.86. The molecule has 1 saturated carbocycles. The second-order valence-electron chi connectivity index (χ2n) is 6.84. The van der Waals surface area contributed by atoms with E-state index in [-0.39, 0.29) is 18.6 Å². The largest absolute Gasteiger partial charge is 0.452 e. The molecular formula is C20H24N2O3. The highest BCUT2D eigenvalue weighted by atomic mass is 16.5. The molecule has 0 bridgehead atoms. The van der Waals surface area contributed by atoms with Crippen LogP contribution in [-0.4, -0.2) is 29.5 Å². The van der Waals surface area contributed by atoms with Crippen LogP contribution in [0.5, 0.6) is 0 Å². The Hall–Kier alpha value is -2.43. The molecule has 25 heavy (non-hydrogen) atoms. The zero-order valence-corrected chi connectivity index (χ0v) is 14.7. The summed E-state index contributed by atoms with van der Waals surface area (Å²) in [6.07, 6.45) is 4.48. The van der Waals surface area contributed by atoms with Crippen LogP contribution >= 0.6 is 0 Å². The Morgan fingerprint density at radius 3 is 2.80 bits per heavy atom. The highest BCUT2D eigenvalue weighted by Crippen LogP contribution is 2.23. The summed E-state index contributed by atoms with van der Waals surface area (Å²) in [6.45, 7) is 3.74. The molecule has 0 unspecified atom stereocenters. The Morgan fingerprint density at radius 2 is 2.00 bits per heavy atom. The van der Waals surface area contributed by atoms with Crippen LogP contribution < -0.4 is 5.32 Å². The van der Waals surface area contributed by atoms with E-state index in [9.17, 15) is 9.59 Å². The fraction of sp³-hybridized carbons (Fsp3) is 0.450. The number of aryl methyl sites for hydroxylation is 1. The molecule has 3 rings (SSSR count). The second-order valence-corrected chi connectivity index (χ2v) is 6.84. The number of rotatable bonds is 4. The lowest BCUT2D eigenvalue weighted by Gasteiger charge is -2.29. The number of fused-ring (bicyclic) bond motifs is 1. The van der Waals surface area contributed by atoms with Crippen LogP contribution in [0, 0.1) is 12.8 Å². The molecule has 0 aliphatic heterocycles. The van der Waals surface area contributed by atoms with Gasteiger partial charge >= 0.3 is 5.97 Å². The van der Waals surface area contributed by atoms with Gasteiger partial charge in [-0.3, -0.25) is 9.78 Å². The summed E-state index contributed by atoms with van der Waals surface area (Å²) in [6, 6.07) is 9.31. The quantitative estimate of drug-likeness (QED) is 0.866. The van der Waals surface area contributed by atoms with Gasteiger partial charge in [-0.25, -0.2) is 4.79 Å². The Morgan fingerprint density at radius 1 is 1.24 bits per heavy atom. The molecule has 1 N–H and O–H groups in total. The minimum atomic E-state index is -0.492. The molecule has 5 heteroatoms. The van der Waals surface area contributed by atoms with Crippen molar-refractivity contribution in [3.63, 3.8) is 0 Å². The van der Waals surface area contributed by atoms with Crippen molar-refractivity contribution in [1.82, 2.24) is 10.3 Å². The van der Waals surface area contributed by atoms with Crippen molar-refractivity contribution in [2.75, 3.05) is 6.61 Å². The zero-order chi connectivity index (χ0) is 17.8. The second kappa shape index (κ2) is 7.64. The third-order valence-corrected chi connectivity index (χ3v) is 4.86. The first-order valence-electron chi connectivity index (χ1n) is 8.87. The predicted molar refractivity (Wildman–Crippen MR) is 96.3 cm³/mol. The number of esters is 1. The maximum Gasteiger partial charge on any atom is 0.339 e. The van der Waals surface area contributed by atoms with Crippen molar-refractivity contribution < 1.29 is 14.3 Å². The van der Waals surface area contributed by atoms with Crippen molar-refractivity contribution in [2.45, 2.75) is 45.6 Å². The molecule has 1 aliphatic rings. The van der Waals surface area contributed by atoms with Crippen LogP contribution in [-0.2, 0) is 9.53 Å². The van der Waals surface area contributed by atoms with E-state index in [2.05, 4.69) is 17.2 Å². The van der Waals surface area contributed by atoms with E-state index >= 15 is 0 Å². The number of benzene rings is 1. The third-order valence-electron chi connectivity index (χ3n) is 4.86. The van der Waals surface area contributed by atoms with E-state index in [1.807, 2.05) is 31.2 Å². The van der Waals surface area contributed by atoms with Gasteiger partial charge in [-0.1, -0.05) is 38.0 Å². The van der Waals surface area contributed by atoms with Gasteiger partial charge in [0.05, 0.1) is 11.1 Å². The Bertz CT molecular complexity index is 788. The summed E-state index contributed by atoms with van der Waals surface area (Å²) >= 11 is 0. The number of pyridine rings is 1. The molecule has 1 aromatic heterocycles. The van der Waals surface area contributed by atoms with E-state index < -0.39 is 5.97 Å². The van der Waals surface area contributed by atoms with E-state index in [1.165, 1.54) is 6.42 Å². The number of nitrogens with one attached hydrogen (secondary N) is 1. The first-order chi connectivity index (χ1) is 12.0. The van der Waals surface area contributed by atoms with Crippen LogP contribution in [0.25, 0.3) is 10.9 Å². The maximum absolute atomic E-state index is 12.4. The van der Waals surface area contributed by atoms with E-state index in [4.69, 9.17) is 4.74 Å². The number of ether oxygens (including phenoxy) is 1. The lowest BCUT2D eigenvalue weighted by molar-refractivity contribution is -0.125. The predicted octanol–water partition coefficient (Wildman–Crippen LogP) is 3.39. The topological polar surface area (TPSA) is 68.3 Å². The van der Waals surface area contributed by atoms with Gasteiger partial charge in [0.25, 0.3) is 5.91 Å². The molecule has 132 valence electrons. The first kappa shape index (κ1) is 17.4. The standard InChI is InChI=1S/C20H24N2O3/c1-13-7-3-5-9-17(13)22-19(23)12-25-20(24)16-11-14(2)21-18-10-6-4-8-15(16)18/h4,6,8,10-11,13,17H,3,5,7,9,12H2,1-2H3,(H,22,23)/t13-,17-/m0/s1. The highest BCUT2D eigenvalue weighted by Gasteiger charge is 2.23. The van der Waals surface area contributed by atoms with Crippen molar-refractivity contribution in [2.24, 2.45) is 5.92 Å². The molecule has 1 aromatic carbocycles. The monoisotopic (exact) mass is 340 g/mol. The van der Waals surface area contributed by atoms with Crippen molar-refractivity contribution in [1.29, 1.82) is 0 Å². The summed E-state index contributed by atoms with van der Waals surface area (Å²) in [7, 11) is 0. The van der Waals surface area contributed by atoms with Crippen LogP contribution in [0.4, 0.5) is 0 Å². The highest BCUT2D eigenvalue weighted by molar-refractivity contribution is 6.04. The number of carbonyl (C=O) groups is 2. The molecule has 0 radical (unpaired) electrons. The van der Waals surface area contributed by atoms with Gasteiger partial charge in [0.1, 0.15) is 0 Å². The fourth-order valence-electron chi connectivity index (χ4n) is 3.46. The van der Waals surface area contributed by atoms with Crippen molar-refractivity contribution in [3.05, 3.63) is 41.6 Å². The molecule has 2 atom stereocenters. The number of para-hydroxylation sites is 1. The van der Waals surface area contributed by atoms with Gasteiger partial charge in [-0.05, 0) is 37.8 Å². The third kappa shape index (κ3) is 4.16. The smallest absolute Gasteiger partial charge is 0.339 e. The average Bonchev–Trinajstić information content (AvgIpc) is 2.61. The summed E-state index contributed by atoms with van der Waals surface area (Å²) in [5.74, 6) is -0.254. The van der Waals surface area contributed by atoms with Gasteiger partial charge in [-0.2, -0.15) is 0 Å². The molecule has 0 saturated heterocycles. The summed E-state index contributed by atoms with van der Waals surface area (Å²) in [5.41, 5.74) is 1.93. The van der Waals surface area contributed by atoms with Gasteiger partial charge in [-0.15, -0.1) is 0 Å². The molecule has 1 amide bonds. The van der Waals surface area contributed by atoms with Crippen LogP contribution in [0.1, 0.15) is 48.7 Å². The summed E-state index contributed by atoms with van der Waals surface area (Å²) in [5, 5.41) is 3.73. The van der Waals surface area contributed by atoms with E-state index in [1.54, 1.807) is 6.07 Å². The zero-order valence-electron chi connectivity index (χ0n) is 14.7. The SMILES string of the molecule is Cc1cc(C(=O)OCC(=O)N[C@H]2CCCC[C@@H]2C)c2ccccc2n1. The average molecular weight is 340 g/mol. The number of nitrogens with zero attached hydrogens (tertiary/aromatic N) is 1. The minimum Gasteiger partial charge on any atom is -0.452 e. The van der Waals surface area contributed by atoms with Crippen LogP contribution in [0.15, 0.2) is 30.3 Å². The number of hydrogen-bond acceptors (Lipinski definition) is 4. The lowest BCUT2D eigenvalue weighted by Crippen LogP contribution is -2.42. The van der Waals surface area contributed by atoms with E-state index in [0.717, 1.165) is 35.9 Å². The number of aromatic nitrogens is 1. The molecule has 1 fully saturated rings. The molecular weight excluding hydrogens is 316 g/mol. The molecule has 5 nitrogen and oxygen atoms in total. The Balaban J connectivity index is 1.64. The van der Waals surface area contributed by atoms with Gasteiger partial charge in [0.15, 0.2) is 6.61 Å². The fourth-order valence-corrected chi connectivity index (χ4v) is 3.46. The molecule has 1 heterocycles. The van der Waals surface area contributed by atoms with Gasteiger partial charge in [0.2, 0.25) is 0 Å². The molecule has 0 spiro atoms. The first-order valence-corrected chi connectivity index (χ1v) is 8.87. The van der Waals surface area contributed by atoms with Crippen LogP contribution in [0.3, 0.4) is 0 Å². The number of amides is 1. The molecule has 1 aliphatic carbocycles. The van der Waals surface area contributed by atoms with Gasteiger partial charge < -0.3 is 10.1 Å². The number of carbonyl (C=O) groups excluding carboxylic acids is 2. The summed E-state index contributed by atoms with van der Waals surface area (Å²) in [4.78, 5) is 29.0. The normalized spacial score (nSPS) is 20.2. The molecule has 2 aromatic rings. The Kier molecular flexibility index (Phi) is 5.31. The summed E-state index contributed by atoms with van der Waals surface area (Å²) < 4.78 is 5.25. The maximum atomic E-state index is 12.4. The van der Waals surface area contributed by atoms with Crippen LogP contribution in [0.2, 0.25) is 0 Å². The van der Waals surface area contributed by atoms with E-state index in [0.29, 0.717) is 11.5 Å². The number of hydrogen-bond donors (Lipinski definition) is 1. The van der Waals surface area contributed by atoms with Gasteiger partial charge in [0, 0.05) is 17.1 Å². The van der Waals surface area contributed by atoms with Crippen molar-refractivity contribution >= 4 is 22.8 Å². The Labute approximate surface area is 147 Å². The minimum absolute atomic E-state index is 0.184.